The van der Waals surface area contributed by atoms with Gasteiger partial charge in [-0.25, -0.2) is 9.29 Å². The number of imide groups is 1. The second-order valence-corrected chi connectivity index (χ2v) is 8.11. The van der Waals surface area contributed by atoms with Crippen LogP contribution in [-0.4, -0.2) is 42.6 Å². The Morgan fingerprint density at radius 2 is 1.74 bits per heavy atom. The van der Waals surface area contributed by atoms with Crippen molar-refractivity contribution >= 4 is 23.4 Å². The van der Waals surface area contributed by atoms with E-state index >= 15 is 0 Å². The molecule has 2 aliphatic rings. The van der Waals surface area contributed by atoms with E-state index in [0.29, 0.717) is 28.5 Å². The number of halogens is 1. The Kier molecular flexibility index (Phi) is 5.82. The molecule has 0 radical (unpaired) electrons. The largest absolute Gasteiger partial charge is 0.497 e. The second-order valence-electron chi connectivity index (χ2n) is 8.11. The number of benzene rings is 3. The van der Waals surface area contributed by atoms with Crippen molar-refractivity contribution in [2.45, 2.75) is 19.0 Å². The smallest absolute Gasteiger partial charge is 0.257 e. The van der Waals surface area contributed by atoms with Gasteiger partial charge in [0, 0.05) is 12.1 Å². The molecule has 0 bridgehead atoms. The average Bonchev–Trinajstić information content (AvgIpc) is 3.46. The SMILES string of the molecule is COc1ccc(N2C(=O)CC(N(Cc3ccc4c(c3)OCO4)C(=O)c3ccc(F)cc3)C2=O)cc1. The van der Waals surface area contributed by atoms with Crippen LogP contribution < -0.4 is 19.1 Å². The molecule has 1 fully saturated rings. The first-order valence-corrected chi connectivity index (χ1v) is 10.9. The summed E-state index contributed by atoms with van der Waals surface area (Å²) in [5, 5.41) is 0. The van der Waals surface area contributed by atoms with E-state index in [9.17, 15) is 18.8 Å². The van der Waals surface area contributed by atoms with Crippen LogP contribution in [0.25, 0.3) is 0 Å². The summed E-state index contributed by atoms with van der Waals surface area (Å²) in [6, 6.07) is 15.8. The van der Waals surface area contributed by atoms with Crippen molar-refractivity contribution in [1.29, 1.82) is 0 Å². The van der Waals surface area contributed by atoms with E-state index in [1.807, 2.05) is 0 Å². The van der Waals surface area contributed by atoms with E-state index < -0.39 is 29.6 Å². The molecule has 3 amide bonds. The molecule has 3 aromatic rings. The highest BCUT2D eigenvalue weighted by Gasteiger charge is 2.44. The lowest BCUT2D eigenvalue weighted by Gasteiger charge is -2.28. The normalized spacial score (nSPS) is 16.5. The van der Waals surface area contributed by atoms with Gasteiger partial charge in [-0.1, -0.05) is 6.07 Å². The zero-order valence-corrected chi connectivity index (χ0v) is 18.8. The molecule has 8 nitrogen and oxygen atoms in total. The van der Waals surface area contributed by atoms with Gasteiger partial charge in [-0.2, -0.15) is 0 Å². The third kappa shape index (κ3) is 4.28. The van der Waals surface area contributed by atoms with Crippen LogP contribution in [0.5, 0.6) is 17.2 Å². The predicted octanol–water partition coefficient (Wildman–Crippen LogP) is 3.54. The van der Waals surface area contributed by atoms with E-state index in [1.54, 1.807) is 42.5 Å². The highest BCUT2D eigenvalue weighted by Crippen LogP contribution is 2.34. The van der Waals surface area contributed by atoms with Gasteiger partial charge in [-0.15, -0.1) is 0 Å². The standard InChI is InChI=1S/C26H21FN2O6/c1-33-20-9-7-19(8-10-20)29-24(30)13-21(26(29)32)28(25(31)17-3-5-18(27)6-4-17)14-16-2-11-22-23(12-16)35-15-34-22/h2-12,21H,13-15H2,1H3. The third-order valence-electron chi connectivity index (χ3n) is 5.97. The van der Waals surface area contributed by atoms with Crippen molar-refractivity contribution in [3.63, 3.8) is 0 Å². The molecule has 178 valence electrons. The van der Waals surface area contributed by atoms with Crippen LogP contribution in [0.2, 0.25) is 0 Å². The number of ether oxygens (including phenoxy) is 3. The Labute approximate surface area is 200 Å². The number of carbonyl (C=O) groups is 3. The maximum atomic E-state index is 13.5. The van der Waals surface area contributed by atoms with Gasteiger partial charge in [0.15, 0.2) is 11.5 Å². The Balaban J connectivity index is 1.48. The second kappa shape index (κ2) is 9.09. The van der Waals surface area contributed by atoms with Gasteiger partial charge in [-0.3, -0.25) is 14.4 Å². The molecule has 0 saturated carbocycles. The molecular formula is C26H21FN2O6. The van der Waals surface area contributed by atoms with Gasteiger partial charge >= 0.3 is 0 Å². The minimum absolute atomic E-state index is 0.0347. The number of hydrogen-bond donors (Lipinski definition) is 0. The van der Waals surface area contributed by atoms with E-state index in [-0.39, 0.29) is 25.3 Å². The van der Waals surface area contributed by atoms with Gasteiger partial charge in [0.05, 0.1) is 19.2 Å². The number of anilines is 1. The first-order chi connectivity index (χ1) is 16.9. The quantitative estimate of drug-likeness (QED) is 0.506. The van der Waals surface area contributed by atoms with Gasteiger partial charge in [0.1, 0.15) is 17.6 Å². The number of nitrogens with zero attached hydrogens (tertiary/aromatic N) is 2. The van der Waals surface area contributed by atoms with Gasteiger partial charge in [-0.05, 0) is 66.2 Å². The van der Waals surface area contributed by atoms with Crippen molar-refractivity contribution in [2.24, 2.45) is 0 Å². The fraction of sp³-hybridized carbons (Fsp3) is 0.192. The van der Waals surface area contributed by atoms with Crippen molar-refractivity contribution in [3.05, 3.63) is 83.7 Å². The van der Waals surface area contributed by atoms with Crippen molar-refractivity contribution in [2.75, 3.05) is 18.8 Å². The van der Waals surface area contributed by atoms with Crippen LogP contribution in [0.1, 0.15) is 22.3 Å². The molecule has 1 unspecified atom stereocenters. The summed E-state index contributed by atoms with van der Waals surface area (Å²) < 4.78 is 29.4. The Hall–Kier alpha value is -4.40. The van der Waals surface area contributed by atoms with E-state index in [4.69, 9.17) is 14.2 Å². The van der Waals surface area contributed by atoms with Crippen LogP contribution in [0.3, 0.4) is 0 Å². The number of fused-ring (bicyclic) bond motifs is 1. The third-order valence-corrected chi connectivity index (χ3v) is 5.97. The van der Waals surface area contributed by atoms with Crippen molar-refractivity contribution in [1.82, 2.24) is 4.90 Å². The predicted molar refractivity (Wildman–Crippen MR) is 123 cm³/mol. The molecule has 0 spiro atoms. The Bertz CT molecular complexity index is 1290. The molecular weight excluding hydrogens is 455 g/mol. The average molecular weight is 476 g/mol. The summed E-state index contributed by atoms with van der Waals surface area (Å²) in [6.45, 7) is 0.135. The molecule has 3 aromatic carbocycles. The molecule has 1 saturated heterocycles. The van der Waals surface area contributed by atoms with Crippen LogP contribution in [0.4, 0.5) is 10.1 Å². The summed E-state index contributed by atoms with van der Waals surface area (Å²) in [6.07, 6.45) is -0.178. The molecule has 1 atom stereocenters. The number of amides is 3. The Morgan fingerprint density at radius 3 is 2.46 bits per heavy atom. The van der Waals surface area contributed by atoms with E-state index in [2.05, 4.69) is 0 Å². The molecule has 2 aliphatic heterocycles. The first kappa shape index (κ1) is 22.4. The number of methoxy groups -OCH3 is 1. The maximum Gasteiger partial charge on any atom is 0.257 e. The topological polar surface area (TPSA) is 85.4 Å². The summed E-state index contributed by atoms with van der Waals surface area (Å²) in [5.41, 5.74) is 1.28. The lowest BCUT2D eigenvalue weighted by molar-refractivity contribution is -0.122. The minimum Gasteiger partial charge on any atom is -0.497 e. The molecule has 5 rings (SSSR count). The van der Waals surface area contributed by atoms with Crippen LogP contribution in [-0.2, 0) is 16.1 Å². The lowest BCUT2D eigenvalue weighted by Crippen LogP contribution is -2.45. The van der Waals surface area contributed by atoms with E-state index in [0.717, 1.165) is 4.90 Å². The van der Waals surface area contributed by atoms with E-state index in [1.165, 1.54) is 36.3 Å². The Morgan fingerprint density at radius 1 is 1.03 bits per heavy atom. The highest BCUT2D eigenvalue weighted by molar-refractivity contribution is 6.23. The lowest BCUT2D eigenvalue weighted by atomic mass is 10.1. The number of hydrogen-bond acceptors (Lipinski definition) is 6. The summed E-state index contributed by atoms with van der Waals surface area (Å²) in [4.78, 5) is 42.3. The summed E-state index contributed by atoms with van der Waals surface area (Å²) >= 11 is 0. The molecule has 35 heavy (non-hydrogen) atoms. The van der Waals surface area contributed by atoms with Crippen molar-refractivity contribution < 1.29 is 33.0 Å². The molecule has 0 aromatic heterocycles. The maximum absolute atomic E-state index is 13.5. The molecule has 0 N–H and O–H groups in total. The highest BCUT2D eigenvalue weighted by atomic mass is 19.1. The summed E-state index contributed by atoms with van der Waals surface area (Å²) in [5.74, 6) is -0.218. The van der Waals surface area contributed by atoms with Crippen LogP contribution in [0.15, 0.2) is 66.7 Å². The minimum atomic E-state index is -1.03. The number of rotatable bonds is 6. The van der Waals surface area contributed by atoms with Gasteiger partial charge < -0.3 is 19.1 Å². The van der Waals surface area contributed by atoms with Crippen LogP contribution in [0, 0.1) is 5.82 Å². The monoisotopic (exact) mass is 476 g/mol. The molecule has 9 heteroatoms. The fourth-order valence-corrected chi connectivity index (χ4v) is 4.18. The van der Waals surface area contributed by atoms with Gasteiger partial charge in [0.2, 0.25) is 12.7 Å². The zero-order valence-electron chi connectivity index (χ0n) is 18.8. The summed E-state index contributed by atoms with van der Waals surface area (Å²) in [7, 11) is 1.52. The molecule has 2 heterocycles. The number of carbonyl (C=O) groups excluding carboxylic acids is 3. The van der Waals surface area contributed by atoms with Crippen molar-refractivity contribution in [3.8, 4) is 17.2 Å². The molecule has 0 aliphatic carbocycles. The first-order valence-electron chi connectivity index (χ1n) is 10.9. The van der Waals surface area contributed by atoms with Crippen LogP contribution >= 0.6 is 0 Å². The zero-order chi connectivity index (χ0) is 24.5. The fourth-order valence-electron chi connectivity index (χ4n) is 4.18. The van der Waals surface area contributed by atoms with Gasteiger partial charge in [0.25, 0.3) is 11.8 Å².